The molecule has 0 aliphatic carbocycles. The minimum Gasteiger partial charge on any atom is -0.267 e. The largest absolute Gasteiger partial charge is 0.416 e. The van der Waals surface area contributed by atoms with Crippen LogP contribution in [0.2, 0.25) is 0 Å². The number of nitrogens with zero attached hydrogens (tertiary/aromatic N) is 3. The van der Waals surface area contributed by atoms with Crippen LogP contribution < -0.4 is 5.56 Å². The fourth-order valence-corrected chi connectivity index (χ4v) is 3.17. The summed E-state index contributed by atoms with van der Waals surface area (Å²) in [5.74, 6) is -0.187. The van der Waals surface area contributed by atoms with Crippen LogP contribution in [0.4, 0.5) is 26.3 Å². The lowest BCUT2D eigenvalue weighted by Crippen LogP contribution is -2.20. The highest BCUT2D eigenvalue weighted by atomic mass is 19.4. The molecule has 1 aromatic heterocycles. The van der Waals surface area contributed by atoms with Crippen LogP contribution in [0.3, 0.4) is 0 Å². The van der Waals surface area contributed by atoms with E-state index in [4.69, 9.17) is 0 Å². The van der Waals surface area contributed by atoms with E-state index in [1.165, 1.54) is 36.4 Å². The SMILES string of the molecule is O=c1c2ccccc2nc(-c2cccc(C(F)(F)F)c2)n1N=Cc1cccc(C(F)(F)F)c1. The molecule has 0 spiro atoms. The number of hydrogen-bond donors (Lipinski definition) is 0. The molecule has 0 saturated carbocycles. The van der Waals surface area contributed by atoms with Gasteiger partial charge in [-0.05, 0) is 42.0 Å². The van der Waals surface area contributed by atoms with Crippen molar-refractivity contribution < 1.29 is 26.3 Å². The molecule has 10 heteroatoms. The van der Waals surface area contributed by atoms with E-state index in [1.807, 2.05) is 0 Å². The van der Waals surface area contributed by atoms with Crippen LogP contribution in [0, 0.1) is 0 Å². The molecule has 168 valence electrons. The van der Waals surface area contributed by atoms with Crippen molar-refractivity contribution in [3.63, 3.8) is 0 Å². The summed E-state index contributed by atoms with van der Waals surface area (Å²) in [5, 5.41) is 4.13. The summed E-state index contributed by atoms with van der Waals surface area (Å²) in [5.41, 5.74) is -2.30. The standard InChI is InChI=1S/C23H13F6N3O/c24-22(25,26)16-7-3-5-14(11-16)13-30-32-20(15-6-4-8-17(12-15)23(27,28)29)31-19-10-2-1-9-18(19)21(32)33/h1-13H. The van der Waals surface area contributed by atoms with Crippen molar-refractivity contribution >= 4 is 17.1 Å². The zero-order valence-electron chi connectivity index (χ0n) is 16.5. The Morgan fingerprint density at radius 3 is 2.12 bits per heavy atom. The molecular weight excluding hydrogens is 448 g/mol. The van der Waals surface area contributed by atoms with Gasteiger partial charge in [0.05, 0.1) is 28.2 Å². The first-order chi connectivity index (χ1) is 15.5. The van der Waals surface area contributed by atoms with Gasteiger partial charge in [-0.3, -0.25) is 4.79 Å². The van der Waals surface area contributed by atoms with E-state index in [2.05, 4.69) is 10.1 Å². The Morgan fingerprint density at radius 2 is 1.42 bits per heavy atom. The van der Waals surface area contributed by atoms with E-state index in [0.717, 1.165) is 35.2 Å². The monoisotopic (exact) mass is 461 g/mol. The van der Waals surface area contributed by atoms with Crippen LogP contribution in [0.15, 0.2) is 82.7 Å². The quantitative estimate of drug-likeness (QED) is 0.278. The Labute approximate surface area is 182 Å². The van der Waals surface area contributed by atoms with Crippen LogP contribution in [-0.2, 0) is 12.4 Å². The van der Waals surface area contributed by atoms with E-state index in [1.54, 1.807) is 12.1 Å². The highest BCUT2D eigenvalue weighted by Gasteiger charge is 2.31. The van der Waals surface area contributed by atoms with Crippen molar-refractivity contribution in [2.75, 3.05) is 0 Å². The Kier molecular flexibility index (Phi) is 5.52. The summed E-state index contributed by atoms with van der Waals surface area (Å²) in [6.45, 7) is 0. The lowest BCUT2D eigenvalue weighted by Gasteiger charge is -2.12. The summed E-state index contributed by atoms with van der Waals surface area (Å²) in [7, 11) is 0. The zero-order valence-corrected chi connectivity index (χ0v) is 16.5. The molecule has 0 bridgehead atoms. The zero-order chi connectivity index (χ0) is 23.8. The molecule has 0 N–H and O–H groups in total. The van der Waals surface area contributed by atoms with Gasteiger partial charge in [-0.1, -0.05) is 36.4 Å². The molecule has 0 aliphatic heterocycles. The number of halogens is 6. The third-order valence-electron chi connectivity index (χ3n) is 4.74. The molecule has 0 saturated heterocycles. The molecule has 0 fully saturated rings. The smallest absolute Gasteiger partial charge is 0.267 e. The second-order valence-electron chi connectivity index (χ2n) is 7.02. The first-order valence-corrected chi connectivity index (χ1v) is 9.45. The Bertz CT molecular complexity index is 1420. The van der Waals surface area contributed by atoms with Gasteiger partial charge < -0.3 is 0 Å². The maximum absolute atomic E-state index is 13.2. The minimum absolute atomic E-state index is 0.0335. The summed E-state index contributed by atoms with van der Waals surface area (Å²) in [6.07, 6.45) is -8.18. The van der Waals surface area contributed by atoms with Crippen LogP contribution in [0.1, 0.15) is 16.7 Å². The molecule has 3 aromatic carbocycles. The normalized spacial score (nSPS) is 12.5. The predicted octanol–water partition coefficient (Wildman–Crippen LogP) is 5.98. The third kappa shape index (κ3) is 4.64. The van der Waals surface area contributed by atoms with Crippen molar-refractivity contribution in [1.29, 1.82) is 0 Å². The van der Waals surface area contributed by atoms with Crippen LogP contribution in [0.5, 0.6) is 0 Å². The van der Waals surface area contributed by atoms with Crippen LogP contribution in [0.25, 0.3) is 22.3 Å². The molecule has 4 nitrogen and oxygen atoms in total. The molecule has 0 amide bonds. The van der Waals surface area contributed by atoms with Crippen molar-refractivity contribution in [3.8, 4) is 11.4 Å². The number of benzene rings is 3. The molecule has 4 aromatic rings. The lowest BCUT2D eigenvalue weighted by molar-refractivity contribution is -0.138. The number of hydrogen-bond acceptors (Lipinski definition) is 3. The van der Waals surface area contributed by atoms with Crippen LogP contribution >= 0.6 is 0 Å². The highest BCUT2D eigenvalue weighted by Crippen LogP contribution is 2.32. The average molecular weight is 461 g/mol. The lowest BCUT2D eigenvalue weighted by atomic mass is 10.1. The van der Waals surface area contributed by atoms with E-state index in [0.29, 0.717) is 0 Å². The van der Waals surface area contributed by atoms with Gasteiger partial charge in [0, 0.05) is 5.56 Å². The first-order valence-electron chi connectivity index (χ1n) is 9.45. The fourth-order valence-electron chi connectivity index (χ4n) is 3.17. The van der Waals surface area contributed by atoms with Gasteiger partial charge in [-0.2, -0.15) is 36.1 Å². The molecule has 0 unspecified atom stereocenters. The topological polar surface area (TPSA) is 47.2 Å². The highest BCUT2D eigenvalue weighted by molar-refractivity contribution is 5.82. The Balaban J connectivity index is 1.90. The van der Waals surface area contributed by atoms with Crippen molar-refractivity contribution in [3.05, 3.63) is 99.8 Å². The van der Waals surface area contributed by atoms with Gasteiger partial charge in [0.1, 0.15) is 0 Å². The summed E-state index contributed by atoms with van der Waals surface area (Å²) in [6, 6.07) is 14.6. The van der Waals surface area contributed by atoms with Gasteiger partial charge in [-0.25, -0.2) is 4.98 Å². The maximum atomic E-state index is 13.2. The maximum Gasteiger partial charge on any atom is 0.416 e. The van der Waals surface area contributed by atoms with E-state index in [9.17, 15) is 31.1 Å². The first kappa shape index (κ1) is 22.3. The number of fused-ring (bicyclic) bond motifs is 1. The van der Waals surface area contributed by atoms with Gasteiger partial charge >= 0.3 is 12.4 Å². The van der Waals surface area contributed by atoms with Gasteiger partial charge in [0.25, 0.3) is 5.56 Å². The Morgan fingerprint density at radius 1 is 0.788 bits per heavy atom. The van der Waals surface area contributed by atoms with Crippen LogP contribution in [-0.4, -0.2) is 15.9 Å². The number of rotatable bonds is 3. The Hall–Kier alpha value is -3.95. The summed E-state index contributed by atoms with van der Waals surface area (Å²) in [4.78, 5) is 17.4. The number of para-hydroxylation sites is 1. The molecular formula is C23H13F6N3O. The van der Waals surface area contributed by atoms with E-state index >= 15 is 0 Å². The van der Waals surface area contributed by atoms with Crippen molar-refractivity contribution in [2.24, 2.45) is 5.10 Å². The van der Waals surface area contributed by atoms with Gasteiger partial charge in [-0.15, -0.1) is 0 Å². The van der Waals surface area contributed by atoms with Gasteiger partial charge in [0.15, 0.2) is 5.82 Å². The third-order valence-corrected chi connectivity index (χ3v) is 4.74. The second kappa shape index (κ2) is 8.19. The molecule has 0 atom stereocenters. The molecule has 4 rings (SSSR count). The molecule has 1 heterocycles. The number of aromatic nitrogens is 2. The van der Waals surface area contributed by atoms with Gasteiger partial charge in [0.2, 0.25) is 0 Å². The van der Waals surface area contributed by atoms with E-state index in [-0.39, 0.29) is 27.9 Å². The second-order valence-corrected chi connectivity index (χ2v) is 7.02. The fraction of sp³-hybridized carbons (Fsp3) is 0.0870. The predicted molar refractivity (Wildman–Crippen MR) is 111 cm³/mol. The number of alkyl halides is 6. The molecule has 0 radical (unpaired) electrons. The van der Waals surface area contributed by atoms with Crippen molar-refractivity contribution in [2.45, 2.75) is 12.4 Å². The molecule has 33 heavy (non-hydrogen) atoms. The summed E-state index contributed by atoms with van der Waals surface area (Å²) >= 11 is 0. The average Bonchev–Trinajstić information content (AvgIpc) is 2.77. The minimum atomic E-state index is -4.63. The van der Waals surface area contributed by atoms with E-state index < -0.39 is 29.0 Å². The summed E-state index contributed by atoms with van der Waals surface area (Å²) < 4.78 is 79.4. The molecule has 0 aliphatic rings. The van der Waals surface area contributed by atoms with Crippen molar-refractivity contribution in [1.82, 2.24) is 9.66 Å².